The van der Waals surface area contributed by atoms with E-state index >= 15 is 0 Å². The standard InChI is InChI=1S/C8H9NO2/c1-7(9-10)11-8-5-3-2-4-6-8/h2-6,10H,1H3. The maximum atomic E-state index is 8.26. The van der Waals surface area contributed by atoms with Crippen LogP contribution in [-0.2, 0) is 0 Å². The number of para-hydroxylation sites is 1. The summed E-state index contributed by atoms with van der Waals surface area (Å²) in [5.74, 6) is 0.902. The number of hydrogen-bond acceptors (Lipinski definition) is 3. The van der Waals surface area contributed by atoms with Crippen molar-refractivity contribution in [3.05, 3.63) is 30.3 Å². The minimum absolute atomic E-state index is 0.233. The summed E-state index contributed by atoms with van der Waals surface area (Å²) in [6.07, 6.45) is 0. The summed E-state index contributed by atoms with van der Waals surface area (Å²) in [7, 11) is 0. The van der Waals surface area contributed by atoms with E-state index in [0.717, 1.165) is 0 Å². The Balaban J connectivity index is 2.65. The van der Waals surface area contributed by atoms with Gasteiger partial charge in [-0.15, -0.1) is 0 Å². The van der Waals surface area contributed by atoms with Crippen molar-refractivity contribution in [1.29, 1.82) is 0 Å². The van der Waals surface area contributed by atoms with E-state index in [2.05, 4.69) is 5.16 Å². The second kappa shape index (κ2) is 3.61. The third kappa shape index (κ3) is 2.29. The Kier molecular flexibility index (Phi) is 2.49. The maximum absolute atomic E-state index is 8.26. The van der Waals surface area contributed by atoms with Gasteiger partial charge < -0.3 is 9.94 Å². The molecule has 11 heavy (non-hydrogen) atoms. The van der Waals surface area contributed by atoms with Crippen molar-refractivity contribution in [2.45, 2.75) is 6.92 Å². The molecule has 0 unspecified atom stereocenters. The van der Waals surface area contributed by atoms with E-state index < -0.39 is 0 Å². The molecule has 0 bridgehead atoms. The Morgan fingerprint density at radius 2 is 2.00 bits per heavy atom. The highest BCUT2D eigenvalue weighted by Crippen LogP contribution is 2.08. The van der Waals surface area contributed by atoms with Gasteiger partial charge in [-0.05, 0) is 12.1 Å². The zero-order valence-electron chi connectivity index (χ0n) is 6.19. The van der Waals surface area contributed by atoms with E-state index in [-0.39, 0.29) is 5.90 Å². The summed E-state index contributed by atoms with van der Waals surface area (Å²) in [5.41, 5.74) is 0. The molecule has 1 N–H and O–H groups in total. The monoisotopic (exact) mass is 151 g/mol. The van der Waals surface area contributed by atoms with Gasteiger partial charge in [-0.25, -0.2) is 0 Å². The van der Waals surface area contributed by atoms with Gasteiger partial charge in [-0.2, -0.15) is 0 Å². The Labute approximate surface area is 64.9 Å². The normalized spacial score (nSPS) is 11.2. The number of hydrogen-bond donors (Lipinski definition) is 1. The van der Waals surface area contributed by atoms with Crippen LogP contribution in [0.2, 0.25) is 0 Å². The number of benzene rings is 1. The predicted octanol–water partition coefficient (Wildman–Crippen LogP) is 1.87. The first-order valence-electron chi connectivity index (χ1n) is 3.24. The van der Waals surface area contributed by atoms with Crippen LogP contribution in [0.4, 0.5) is 0 Å². The van der Waals surface area contributed by atoms with E-state index in [0.29, 0.717) is 5.75 Å². The quantitative estimate of drug-likeness (QED) is 0.288. The largest absolute Gasteiger partial charge is 0.440 e. The summed E-state index contributed by atoms with van der Waals surface area (Å²) >= 11 is 0. The molecule has 0 radical (unpaired) electrons. The molecule has 0 heterocycles. The molecule has 0 amide bonds. The Bertz CT molecular complexity index is 244. The molecule has 3 nitrogen and oxygen atoms in total. The van der Waals surface area contributed by atoms with Crippen molar-refractivity contribution < 1.29 is 9.94 Å². The maximum Gasteiger partial charge on any atom is 0.227 e. The van der Waals surface area contributed by atoms with Crippen LogP contribution in [0.5, 0.6) is 5.75 Å². The molecule has 0 fully saturated rings. The molecule has 0 aromatic heterocycles. The molecule has 58 valence electrons. The zero-order chi connectivity index (χ0) is 8.10. The third-order valence-corrected chi connectivity index (χ3v) is 1.15. The van der Waals surface area contributed by atoms with Crippen LogP contribution >= 0.6 is 0 Å². The van der Waals surface area contributed by atoms with Gasteiger partial charge >= 0.3 is 0 Å². The second-order valence-corrected chi connectivity index (χ2v) is 2.03. The molecule has 0 spiro atoms. The van der Waals surface area contributed by atoms with Crippen LogP contribution in [0.25, 0.3) is 0 Å². The van der Waals surface area contributed by atoms with Crippen LogP contribution in [-0.4, -0.2) is 11.1 Å². The highest BCUT2D eigenvalue weighted by Gasteiger charge is 1.92. The Morgan fingerprint density at radius 1 is 1.36 bits per heavy atom. The van der Waals surface area contributed by atoms with Crippen LogP contribution in [0.1, 0.15) is 6.92 Å². The van der Waals surface area contributed by atoms with Crippen molar-refractivity contribution in [3.8, 4) is 5.75 Å². The number of oxime groups is 1. The van der Waals surface area contributed by atoms with Crippen LogP contribution < -0.4 is 4.74 Å². The summed E-state index contributed by atoms with van der Waals surface area (Å²) in [6, 6.07) is 9.15. The number of ether oxygens (including phenoxy) is 1. The molecule has 0 saturated carbocycles. The molecule has 3 heteroatoms. The summed E-state index contributed by atoms with van der Waals surface area (Å²) in [5, 5.41) is 11.1. The van der Waals surface area contributed by atoms with Gasteiger partial charge in [0.15, 0.2) is 0 Å². The third-order valence-electron chi connectivity index (χ3n) is 1.15. The highest BCUT2D eigenvalue weighted by molar-refractivity contribution is 5.74. The van der Waals surface area contributed by atoms with Crippen LogP contribution in [0.15, 0.2) is 35.5 Å². The smallest absolute Gasteiger partial charge is 0.227 e. The van der Waals surface area contributed by atoms with E-state index in [1.807, 2.05) is 18.2 Å². The first-order valence-corrected chi connectivity index (χ1v) is 3.24. The minimum atomic E-state index is 0.233. The molecule has 0 saturated heterocycles. The fourth-order valence-corrected chi connectivity index (χ4v) is 0.680. The topological polar surface area (TPSA) is 41.8 Å². The number of rotatable bonds is 1. The summed E-state index contributed by atoms with van der Waals surface area (Å²) < 4.78 is 5.06. The average molecular weight is 151 g/mol. The first kappa shape index (κ1) is 7.60. The lowest BCUT2D eigenvalue weighted by molar-refractivity contribution is 0.303. The van der Waals surface area contributed by atoms with E-state index in [9.17, 15) is 0 Å². The average Bonchev–Trinajstić information content (AvgIpc) is 2.06. The summed E-state index contributed by atoms with van der Waals surface area (Å²) in [4.78, 5) is 0. The van der Waals surface area contributed by atoms with Gasteiger partial charge in [0.25, 0.3) is 0 Å². The molecular formula is C8H9NO2. The highest BCUT2D eigenvalue weighted by atomic mass is 16.5. The molecule has 0 aliphatic heterocycles. The van der Waals surface area contributed by atoms with Crippen molar-refractivity contribution >= 4 is 5.90 Å². The van der Waals surface area contributed by atoms with Gasteiger partial charge in [0.2, 0.25) is 5.90 Å². The minimum Gasteiger partial charge on any atom is -0.440 e. The molecule has 0 aliphatic rings. The predicted molar refractivity (Wildman–Crippen MR) is 42.0 cm³/mol. The summed E-state index contributed by atoms with van der Waals surface area (Å²) in [6.45, 7) is 1.58. The Hall–Kier alpha value is -1.51. The second-order valence-electron chi connectivity index (χ2n) is 2.03. The number of nitrogens with zero attached hydrogens (tertiary/aromatic N) is 1. The van der Waals surface area contributed by atoms with Crippen molar-refractivity contribution in [3.63, 3.8) is 0 Å². The Morgan fingerprint density at radius 3 is 2.55 bits per heavy atom. The molecule has 0 aliphatic carbocycles. The van der Waals surface area contributed by atoms with E-state index in [4.69, 9.17) is 9.94 Å². The van der Waals surface area contributed by atoms with Gasteiger partial charge in [0.05, 0.1) is 0 Å². The van der Waals surface area contributed by atoms with Crippen LogP contribution in [0, 0.1) is 0 Å². The van der Waals surface area contributed by atoms with Crippen LogP contribution in [0.3, 0.4) is 0 Å². The van der Waals surface area contributed by atoms with Gasteiger partial charge in [-0.1, -0.05) is 23.4 Å². The van der Waals surface area contributed by atoms with E-state index in [1.54, 1.807) is 19.1 Å². The van der Waals surface area contributed by atoms with Crippen molar-refractivity contribution in [1.82, 2.24) is 0 Å². The van der Waals surface area contributed by atoms with E-state index in [1.165, 1.54) is 0 Å². The van der Waals surface area contributed by atoms with Gasteiger partial charge in [0, 0.05) is 6.92 Å². The molecule has 1 aromatic carbocycles. The zero-order valence-corrected chi connectivity index (χ0v) is 6.19. The lowest BCUT2D eigenvalue weighted by Crippen LogP contribution is -2.01. The lowest BCUT2D eigenvalue weighted by atomic mass is 10.3. The van der Waals surface area contributed by atoms with Crippen molar-refractivity contribution in [2.75, 3.05) is 0 Å². The molecule has 0 atom stereocenters. The molecular weight excluding hydrogens is 142 g/mol. The van der Waals surface area contributed by atoms with Crippen molar-refractivity contribution in [2.24, 2.45) is 5.16 Å². The molecule has 1 aromatic rings. The fraction of sp³-hybridized carbons (Fsp3) is 0.125. The fourth-order valence-electron chi connectivity index (χ4n) is 0.680. The first-order chi connectivity index (χ1) is 5.33. The SMILES string of the molecule is CC(=NO)Oc1ccccc1. The lowest BCUT2D eigenvalue weighted by Gasteiger charge is -2.00. The van der Waals surface area contributed by atoms with Gasteiger partial charge in [-0.3, -0.25) is 0 Å². The molecule has 1 rings (SSSR count). The van der Waals surface area contributed by atoms with Gasteiger partial charge in [0.1, 0.15) is 5.75 Å².